The minimum absolute atomic E-state index is 0.161. The molecule has 0 fully saturated rings. The standard InChI is InChI=1S/C21H22F3NO4/c1-2-3-4-5-6-7-15-8-10-16(11-9-15)20(26)29-19-13-12-17(21(22,23)24)14-18(19)25(27)28/h8-14H,2-7H2,1H3. The number of halogens is 3. The molecule has 156 valence electrons. The smallest absolute Gasteiger partial charge is 0.416 e. The van der Waals surface area contributed by atoms with E-state index in [1.165, 1.54) is 19.3 Å². The number of aryl methyl sites for hydroxylation is 1. The van der Waals surface area contributed by atoms with Gasteiger partial charge in [-0.2, -0.15) is 13.2 Å². The Labute approximate surface area is 166 Å². The third kappa shape index (κ3) is 6.58. The van der Waals surface area contributed by atoms with Crippen LogP contribution in [0.15, 0.2) is 42.5 Å². The molecular weight excluding hydrogens is 387 g/mol. The fourth-order valence-corrected chi connectivity index (χ4v) is 2.82. The number of nitrogens with zero attached hydrogens (tertiary/aromatic N) is 1. The van der Waals surface area contributed by atoms with Crippen LogP contribution < -0.4 is 4.74 Å². The molecule has 0 saturated heterocycles. The van der Waals surface area contributed by atoms with E-state index in [0.29, 0.717) is 12.1 Å². The van der Waals surface area contributed by atoms with Crippen molar-refractivity contribution in [2.75, 3.05) is 0 Å². The number of rotatable bonds is 9. The van der Waals surface area contributed by atoms with Gasteiger partial charge in [-0.15, -0.1) is 0 Å². The van der Waals surface area contributed by atoms with Crippen molar-refractivity contribution in [3.8, 4) is 5.75 Å². The molecule has 8 heteroatoms. The Kier molecular flexibility index (Phi) is 7.75. The molecule has 0 spiro atoms. The van der Waals surface area contributed by atoms with Gasteiger partial charge >= 0.3 is 17.8 Å². The molecular formula is C21H22F3NO4. The molecule has 0 saturated carbocycles. The minimum atomic E-state index is -4.74. The minimum Gasteiger partial charge on any atom is -0.416 e. The van der Waals surface area contributed by atoms with E-state index in [1.807, 2.05) is 0 Å². The van der Waals surface area contributed by atoms with Crippen molar-refractivity contribution in [1.29, 1.82) is 0 Å². The van der Waals surface area contributed by atoms with Crippen LogP contribution in [0.2, 0.25) is 0 Å². The Hall–Kier alpha value is -2.90. The third-order valence-corrected chi connectivity index (χ3v) is 4.44. The quantitative estimate of drug-likeness (QED) is 0.159. The highest BCUT2D eigenvalue weighted by molar-refractivity contribution is 5.91. The maximum atomic E-state index is 12.7. The van der Waals surface area contributed by atoms with Crippen molar-refractivity contribution in [3.63, 3.8) is 0 Å². The SMILES string of the molecule is CCCCCCCc1ccc(C(=O)Oc2ccc(C(F)(F)F)cc2[N+](=O)[O-])cc1. The van der Waals surface area contributed by atoms with Gasteiger partial charge in [0.1, 0.15) is 0 Å². The summed E-state index contributed by atoms with van der Waals surface area (Å²) in [6.07, 6.45) is 1.89. The zero-order chi connectivity index (χ0) is 21.4. The van der Waals surface area contributed by atoms with Crippen LogP contribution in [0.1, 0.15) is 60.5 Å². The lowest BCUT2D eigenvalue weighted by Crippen LogP contribution is -2.11. The number of nitro benzene ring substituents is 1. The van der Waals surface area contributed by atoms with Crippen molar-refractivity contribution in [1.82, 2.24) is 0 Å². The summed E-state index contributed by atoms with van der Waals surface area (Å²) in [7, 11) is 0. The Morgan fingerprint density at radius 3 is 2.28 bits per heavy atom. The van der Waals surface area contributed by atoms with Gasteiger partial charge in [0.2, 0.25) is 5.75 Å². The Morgan fingerprint density at radius 2 is 1.69 bits per heavy atom. The van der Waals surface area contributed by atoms with Crippen molar-refractivity contribution in [3.05, 3.63) is 69.3 Å². The second-order valence-electron chi connectivity index (χ2n) is 6.69. The first-order valence-electron chi connectivity index (χ1n) is 9.39. The van der Waals surface area contributed by atoms with E-state index in [-0.39, 0.29) is 5.56 Å². The third-order valence-electron chi connectivity index (χ3n) is 4.44. The summed E-state index contributed by atoms with van der Waals surface area (Å²) in [4.78, 5) is 22.3. The highest BCUT2D eigenvalue weighted by Crippen LogP contribution is 2.36. The molecule has 0 heterocycles. The number of hydrogen-bond acceptors (Lipinski definition) is 4. The number of unbranched alkanes of at least 4 members (excludes halogenated alkanes) is 4. The monoisotopic (exact) mass is 409 g/mol. The van der Waals surface area contributed by atoms with Gasteiger partial charge in [-0.1, -0.05) is 44.7 Å². The number of nitro groups is 1. The van der Waals surface area contributed by atoms with Crippen LogP contribution in [0, 0.1) is 10.1 Å². The average Bonchev–Trinajstić information content (AvgIpc) is 2.67. The van der Waals surface area contributed by atoms with E-state index in [0.717, 1.165) is 30.9 Å². The molecule has 0 radical (unpaired) electrons. The zero-order valence-electron chi connectivity index (χ0n) is 16.0. The Morgan fingerprint density at radius 1 is 1.03 bits per heavy atom. The topological polar surface area (TPSA) is 69.4 Å². The van der Waals surface area contributed by atoms with Crippen LogP contribution >= 0.6 is 0 Å². The molecule has 2 rings (SSSR count). The lowest BCUT2D eigenvalue weighted by atomic mass is 10.0. The molecule has 2 aromatic rings. The number of carbonyl (C=O) groups is 1. The van der Waals surface area contributed by atoms with Gasteiger partial charge in [-0.25, -0.2) is 4.79 Å². The molecule has 0 aliphatic rings. The number of hydrogen-bond donors (Lipinski definition) is 0. The maximum absolute atomic E-state index is 12.7. The van der Waals surface area contributed by atoms with Crippen LogP contribution in [0.3, 0.4) is 0 Å². The van der Waals surface area contributed by atoms with Crippen LogP contribution in [-0.2, 0) is 12.6 Å². The average molecular weight is 409 g/mol. The fraction of sp³-hybridized carbons (Fsp3) is 0.381. The van der Waals surface area contributed by atoms with Crippen LogP contribution in [0.25, 0.3) is 0 Å². The molecule has 0 atom stereocenters. The predicted molar refractivity (Wildman–Crippen MR) is 102 cm³/mol. The Balaban J connectivity index is 2.05. The van der Waals surface area contributed by atoms with Gasteiger partial charge < -0.3 is 4.74 Å². The number of alkyl halides is 3. The summed E-state index contributed by atoms with van der Waals surface area (Å²) in [5.41, 5.74) is -0.892. The molecule has 0 aromatic heterocycles. The lowest BCUT2D eigenvalue weighted by Gasteiger charge is -2.09. The Bertz CT molecular complexity index is 848. The van der Waals surface area contributed by atoms with Crippen molar-refractivity contribution < 1.29 is 27.6 Å². The van der Waals surface area contributed by atoms with Crippen LogP contribution in [-0.4, -0.2) is 10.9 Å². The molecule has 29 heavy (non-hydrogen) atoms. The van der Waals surface area contributed by atoms with E-state index in [2.05, 4.69) is 6.92 Å². The second-order valence-corrected chi connectivity index (χ2v) is 6.69. The molecule has 0 N–H and O–H groups in total. The summed E-state index contributed by atoms with van der Waals surface area (Å²) < 4.78 is 43.2. The summed E-state index contributed by atoms with van der Waals surface area (Å²) >= 11 is 0. The van der Waals surface area contributed by atoms with E-state index >= 15 is 0 Å². The van der Waals surface area contributed by atoms with E-state index in [9.17, 15) is 28.1 Å². The first kappa shape index (κ1) is 22.4. The largest absolute Gasteiger partial charge is 0.416 e. The van der Waals surface area contributed by atoms with Gasteiger partial charge in [0.05, 0.1) is 16.1 Å². The molecule has 2 aromatic carbocycles. The molecule has 5 nitrogen and oxygen atoms in total. The molecule has 0 aliphatic carbocycles. The summed E-state index contributed by atoms with van der Waals surface area (Å²) in [6, 6.07) is 8.40. The lowest BCUT2D eigenvalue weighted by molar-refractivity contribution is -0.385. The van der Waals surface area contributed by atoms with E-state index < -0.39 is 34.1 Å². The number of benzene rings is 2. The summed E-state index contributed by atoms with van der Waals surface area (Å²) in [5, 5.41) is 11.1. The molecule has 0 unspecified atom stereocenters. The van der Waals surface area contributed by atoms with Crippen molar-refractivity contribution in [2.45, 2.75) is 51.6 Å². The van der Waals surface area contributed by atoms with Crippen molar-refractivity contribution in [2.24, 2.45) is 0 Å². The number of esters is 1. The van der Waals surface area contributed by atoms with Gasteiger partial charge in [-0.3, -0.25) is 10.1 Å². The number of carbonyl (C=O) groups excluding carboxylic acids is 1. The summed E-state index contributed by atoms with van der Waals surface area (Å²) in [5.74, 6) is -1.41. The van der Waals surface area contributed by atoms with Gasteiger partial charge in [0.15, 0.2) is 0 Å². The molecule has 0 aliphatic heterocycles. The van der Waals surface area contributed by atoms with Gasteiger partial charge in [-0.05, 0) is 42.7 Å². The number of ether oxygens (including phenoxy) is 1. The zero-order valence-corrected chi connectivity index (χ0v) is 16.0. The van der Waals surface area contributed by atoms with Gasteiger partial charge in [0, 0.05) is 6.07 Å². The maximum Gasteiger partial charge on any atom is 0.416 e. The van der Waals surface area contributed by atoms with Gasteiger partial charge in [0.25, 0.3) is 0 Å². The second kappa shape index (κ2) is 10.0. The van der Waals surface area contributed by atoms with E-state index in [1.54, 1.807) is 24.3 Å². The highest BCUT2D eigenvalue weighted by Gasteiger charge is 2.33. The fourth-order valence-electron chi connectivity index (χ4n) is 2.82. The van der Waals surface area contributed by atoms with Crippen LogP contribution in [0.4, 0.5) is 18.9 Å². The highest BCUT2D eigenvalue weighted by atomic mass is 19.4. The first-order chi connectivity index (χ1) is 13.7. The predicted octanol–water partition coefficient (Wildman–Crippen LogP) is 6.35. The molecule has 0 bridgehead atoms. The van der Waals surface area contributed by atoms with Crippen LogP contribution in [0.5, 0.6) is 5.75 Å². The summed E-state index contributed by atoms with van der Waals surface area (Å²) in [6.45, 7) is 2.15. The first-order valence-corrected chi connectivity index (χ1v) is 9.39. The van der Waals surface area contributed by atoms with Crippen molar-refractivity contribution >= 4 is 11.7 Å². The normalized spacial score (nSPS) is 11.3. The molecule has 0 amide bonds. The van der Waals surface area contributed by atoms with E-state index in [4.69, 9.17) is 4.74 Å².